The summed E-state index contributed by atoms with van der Waals surface area (Å²) in [6.07, 6.45) is 1.57. The second-order valence-electron chi connectivity index (χ2n) is 4.44. The first-order valence-electron chi connectivity index (χ1n) is 6.06. The molecule has 20 heavy (non-hydrogen) atoms. The molecule has 0 fully saturated rings. The molecule has 0 aliphatic rings. The van der Waals surface area contributed by atoms with Crippen LogP contribution < -0.4 is 16.1 Å². The number of nitrogen functional groups attached to an aromatic ring is 1. The molecule has 0 amide bonds. The van der Waals surface area contributed by atoms with Crippen LogP contribution in [0.4, 0.5) is 5.69 Å². The molecule has 0 saturated carbocycles. The van der Waals surface area contributed by atoms with Gasteiger partial charge in [-0.1, -0.05) is 0 Å². The third kappa shape index (κ3) is 2.33. The maximum Gasteiger partial charge on any atom is 0.336 e. The van der Waals surface area contributed by atoms with Crippen molar-refractivity contribution in [2.75, 3.05) is 5.73 Å². The zero-order valence-electron chi connectivity index (χ0n) is 10.8. The number of nitrogens with two attached hydrogens (primary N) is 1. The number of hydrogen-bond acceptors (Lipinski definition) is 5. The number of rotatable bonds is 2. The lowest BCUT2D eigenvalue weighted by Crippen LogP contribution is -1.98. The first kappa shape index (κ1) is 12.2. The zero-order chi connectivity index (χ0) is 14.1. The number of aromatic nitrogens is 1. The van der Waals surface area contributed by atoms with E-state index in [-0.39, 0.29) is 5.63 Å². The van der Waals surface area contributed by atoms with Crippen LogP contribution in [-0.2, 0) is 0 Å². The minimum atomic E-state index is -0.380. The van der Waals surface area contributed by atoms with Gasteiger partial charge in [0.05, 0.1) is 0 Å². The molecule has 0 radical (unpaired) electrons. The van der Waals surface area contributed by atoms with Crippen molar-refractivity contribution in [1.82, 2.24) is 4.98 Å². The summed E-state index contributed by atoms with van der Waals surface area (Å²) in [6, 6.07) is 10.1. The lowest BCUT2D eigenvalue weighted by Gasteiger charge is -2.06. The fourth-order valence-corrected chi connectivity index (χ4v) is 1.97. The van der Waals surface area contributed by atoms with Gasteiger partial charge in [0, 0.05) is 35.5 Å². The van der Waals surface area contributed by atoms with Gasteiger partial charge in [0.15, 0.2) is 0 Å². The maximum absolute atomic E-state index is 11.4. The normalized spacial score (nSPS) is 10.7. The number of fused-ring (bicyclic) bond motifs is 1. The van der Waals surface area contributed by atoms with Gasteiger partial charge in [-0.3, -0.25) is 0 Å². The van der Waals surface area contributed by atoms with Gasteiger partial charge in [-0.05, 0) is 30.7 Å². The molecular weight excluding hydrogens is 256 g/mol. The number of nitrogens with zero attached hydrogens (tertiary/aromatic N) is 1. The lowest BCUT2D eigenvalue weighted by molar-refractivity contribution is 0.462. The van der Waals surface area contributed by atoms with Crippen LogP contribution in [0.1, 0.15) is 5.56 Å². The quantitative estimate of drug-likeness (QED) is 0.723. The molecule has 0 spiro atoms. The highest BCUT2D eigenvalue weighted by molar-refractivity contribution is 5.81. The van der Waals surface area contributed by atoms with Gasteiger partial charge >= 0.3 is 5.63 Å². The lowest BCUT2D eigenvalue weighted by atomic mass is 10.1. The van der Waals surface area contributed by atoms with Gasteiger partial charge in [0.1, 0.15) is 11.3 Å². The van der Waals surface area contributed by atoms with Crippen LogP contribution in [0.3, 0.4) is 0 Å². The summed E-state index contributed by atoms with van der Waals surface area (Å²) in [6.45, 7) is 1.86. The fourth-order valence-electron chi connectivity index (χ4n) is 1.97. The van der Waals surface area contributed by atoms with E-state index in [0.29, 0.717) is 22.9 Å². The third-order valence-electron chi connectivity index (χ3n) is 2.90. The Bertz CT molecular complexity index is 840. The summed E-state index contributed by atoms with van der Waals surface area (Å²) < 4.78 is 10.8. The number of anilines is 1. The van der Waals surface area contributed by atoms with Crippen LogP contribution in [0.2, 0.25) is 0 Å². The minimum Gasteiger partial charge on any atom is -0.439 e. The molecule has 1 aromatic carbocycles. The van der Waals surface area contributed by atoms with Crippen molar-refractivity contribution in [1.29, 1.82) is 0 Å². The number of benzene rings is 1. The smallest absolute Gasteiger partial charge is 0.336 e. The average Bonchev–Trinajstić information content (AvgIpc) is 2.38. The second kappa shape index (κ2) is 4.70. The summed E-state index contributed by atoms with van der Waals surface area (Å²) in [5.74, 6) is 0.920. The molecule has 2 N–H and O–H groups in total. The molecule has 0 atom stereocenters. The molecule has 5 heteroatoms. The van der Waals surface area contributed by atoms with Crippen molar-refractivity contribution in [3.63, 3.8) is 0 Å². The maximum atomic E-state index is 11.4. The average molecular weight is 268 g/mol. The van der Waals surface area contributed by atoms with Crippen molar-refractivity contribution in [3.8, 4) is 11.6 Å². The topological polar surface area (TPSA) is 78.3 Å². The predicted molar refractivity (Wildman–Crippen MR) is 75.9 cm³/mol. The van der Waals surface area contributed by atoms with Gasteiger partial charge in [-0.2, -0.15) is 0 Å². The molecule has 0 unspecified atom stereocenters. The summed E-state index contributed by atoms with van der Waals surface area (Å²) in [5, 5.41) is 0.873. The molecule has 100 valence electrons. The molecule has 0 aliphatic heterocycles. The fraction of sp³-hybridized carbons (Fsp3) is 0.0667. The Morgan fingerprint density at radius 1 is 1.20 bits per heavy atom. The summed E-state index contributed by atoms with van der Waals surface area (Å²) in [7, 11) is 0. The molecule has 3 aromatic rings. The van der Waals surface area contributed by atoms with Crippen molar-refractivity contribution < 1.29 is 9.15 Å². The molecule has 3 rings (SSSR count). The Morgan fingerprint density at radius 3 is 2.85 bits per heavy atom. The van der Waals surface area contributed by atoms with Crippen molar-refractivity contribution in [2.45, 2.75) is 6.92 Å². The Balaban J connectivity index is 2.03. The third-order valence-corrected chi connectivity index (χ3v) is 2.90. The van der Waals surface area contributed by atoms with Crippen LogP contribution in [0.25, 0.3) is 11.0 Å². The minimum absolute atomic E-state index is 0.380. The summed E-state index contributed by atoms with van der Waals surface area (Å²) in [4.78, 5) is 15.4. The summed E-state index contributed by atoms with van der Waals surface area (Å²) in [5.41, 5.74) is 7.20. The molecule has 2 heterocycles. The van der Waals surface area contributed by atoms with E-state index < -0.39 is 0 Å². The molecule has 0 saturated heterocycles. The first-order chi connectivity index (χ1) is 9.61. The van der Waals surface area contributed by atoms with Gasteiger partial charge in [0.25, 0.3) is 0 Å². The van der Waals surface area contributed by atoms with Gasteiger partial charge in [-0.15, -0.1) is 0 Å². The Labute approximate surface area is 114 Å². The van der Waals surface area contributed by atoms with E-state index in [1.807, 2.05) is 13.0 Å². The van der Waals surface area contributed by atoms with E-state index in [9.17, 15) is 4.79 Å². The van der Waals surface area contributed by atoms with Crippen molar-refractivity contribution >= 4 is 16.7 Å². The standard InChI is InChI=1S/C15H12N2O3/c1-9-6-15(18)20-13-8-11(2-3-12(9)13)19-14-7-10(16)4-5-17-14/h2-8H,1H3,(H2,16,17). The van der Waals surface area contributed by atoms with E-state index in [0.717, 1.165) is 10.9 Å². The highest BCUT2D eigenvalue weighted by atomic mass is 16.5. The van der Waals surface area contributed by atoms with Crippen LogP contribution in [-0.4, -0.2) is 4.98 Å². The number of pyridine rings is 1. The highest BCUT2D eigenvalue weighted by Crippen LogP contribution is 2.26. The Hall–Kier alpha value is -2.82. The SMILES string of the molecule is Cc1cc(=O)oc2cc(Oc3cc(N)ccn3)ccc12. The number of aryl methyl sites for hydroxylation is 1. The van der Waals surface area contributed by atoms with Crippen LogP contribution in [0.15, 0.2) is 51.8 Å². The molecule has 5 nitrogen and oxygen atoms in total. The van der Waals surface area contributed by atoms with Gasteiger partial charge in [0.2, 0.25) is 5.88 Å². The van der Waals surface area contributed by atoms with Gasteiger partial charge < -0.3 is 14.9 Å². The predicted octanol–water partition coefficient (Wildman–Crippen LogP) is 2.87. The van der Waals surface area contributed by atoms with E-state index in [1.54, 1.807) is 30.5 Å². The molecule has 2 aromatic heterocycles. The number of hydrogen-bond donors (Lipinski definition) is 1. The Kier molecular flexibility index (Phi) is 2.87. The largest absolute Gasteiger partial charge is 0.439 e. The van der Waals surface area contributed by atoms with Gasteiger partial charge in [-0.25, -0.2) is 9.78 Å². The van der Waals surface area contributed by atoms with E-state index >= 15 is 0 Å². The monoisotopic (exact) mass is 268 g/mol. The summed E-state index contributed by atoms with van der Waals surface area (Å²) >= 11 is 0. The van der Waals surface area contributed by atoms with E-state index in [4.69, 9.17) is 14.9 Å². The van der Waals surface area contributed by atoms with Crippen LogP contribution in [0.5, 0.6) is 11.6 Å². The zero-order valence-corrected chi connectivity index (χ0v) is 10.8. The second-order valence-corrected chi connectivity index (χ2v) is 4.44. The van der Waals surface area contributed by atoms with Crippen molar-refractivity contribution in [3.05, 3.63) is 58.6 Å². The Morgan fingerprint density at radius 2 is 2.05 bits per heavy atom. The van der Waals surface area contributed by atoms with Crippen molar-refractivity contribution in [2.24, 2.45) is 0 Å². The van der Waals surface area contributed by atoms with Crippen LogP contribution >= 0.6 is 0 Å². The van der Waals surface area contributed by atoms with Crippen LogP contribution in [0, 0.1) is 6.92 Å². The first-order valence-corrected chi connectivity index (χ1v) is 6.06. The number of ether oxygens (including phenoxy) is 1. The molecule has 0 bridgehead atoms. The van der Waals surface area contributed by atoms with E-state index in [1.165, 1.54) is 6.07 Å². The molecule has 0 aliphatic carbocycles. The molecular formula is C15H12N2O3. The highest BCUT2D eigenvalue weighted by Gasteiger charge is 2.05. The van der Waals surface area contributed by atoms with E-state index in [2.05, 4.69) is 4.98 Å².